The second kappa shape index (κ2) is 3.31. The summed E-state index contributed by atoms with van der Waals surface area (Å²) in [5.74, 6) is -0.0677. The maximum absolute atomic E-state index is 11.5. The summed E-state index contributed by atoms with van der Waals surface area (Å²) in [5.41, 5.74) is 7.21. The number of benzene rings is 1. The van der Waals surface area contributed by atoms with E-state index < -0.39 is 0 Å². The van der Waals surface area contributed by atoms with Gasteiger partial charge >= 0.3 is 0 Å². The number of rotatable bonds is 1. The van der Waals surface area contributed by atoms with Gasteiger partial charge in [0.2, 0.25) is 0 Å². The maximum atomic E-state index is 11.5. The lowest BCUT2D eigenvalue weighted by molar-refractivity contribution is 0.0965. The third kappa shape index (κ3) is 1.24. The van der Waals surface area contributed by atoms with Crippen LogP contribution in [0.2, 0.25) is 0 Å². The van der Waals surface area contributed by atoms with Crippen LogP contribution in [-0.2, 0) is 0 Å². The fraction of sp³-hybridized carbons (Fsp3) is 0.100. The number of nitrogens with one attached hydrogen (secondary N) is 1. The van der Waals surface area contributed by atoms with Gasteiger partial charge in [0.1, 0.15) is 0 Å². The topological polar surface area (TPSA) is 55.1 Å². The fourth-order valence-electron chi connectivity index (χ4n) is 1.39. The van der Waals surface area contributed by atoms with Crippen LogP contribution < -0.4 is 11.1 Å². The Balaban J connectivity index is 2.70. The molecule has 0 aliphatic carbocycles. The summed E-state index contributed by atoms with van der Waals surface area (Å²) in [6, 6.07) is 5.61. The van der Waals surface area contributed by atoms with Crippen LogP contribution in [-0.4, -0.2) is 13.0 Å². The molecule has 0 aliphatic rings. The van der Waals surface area contributed by atoms with Gasteiger partial charge in [-0.1, -0.05) is 12.1 Å². The summed E-state index contributed by atoms with van der Waals surface area (Å²) in [5, 5.41) is 5.36. The molecule has 0 atom stereocenters. The molecule has 1 aromatic carbocycles. The molecule has 1 heterocycles. The molecule has 0 unspecified atom stereocenters. The van der Waals surface area contributed by atoms with Crippen molar-refractivity contribution >= 4 is 33.0 Å². The first-order valence-corrected chi connectivity index (χ1v) is 5.09. The number of fused-ring (bicyclic) bond motifs is 1. The largest absolute Gasteiger partial charge is 0.398 e. The summed E-state index contributed by atoms with van der Waals surface area (Å²) in [6.45, 7) is 0. The Labute approximate surface area is 85.5 Å². The Hall–Kier alpha value is -1.55. The van der Waals surface area contributed by atoms with Gasteiger partial charge in [-0.25, -0.2) is 0 Å². The Bertz CT molecular complexity index is 490. The van der Waals surface area contributed by atoms with Crippen LogP contribution in [0.1, 0.15) is 10.4 Å². The summed E-state index contributed by atoms with van der Waals surface area (Å²) in [7, 11) is 1.62. The Morgan fingerprint density at radius 2 is 2.29 bits per heavy atom. The minimum absolute atomic E-state index is 0.0677. The molecule has 0 bridgehead atoms. The standard InChI is InChI=1S/C10H10N2OS/c1-12-10(13)7-5-14-9-6(7)3-2-4-8(9)11/h2-5H,11H2,1H3,(H,12,13). The highest BCUT2D eigenvalue weighted by Crippen LogP contribution is 2.30. The second-order valence-electron chi connectivity index (χ2n) is 2.95. The molecular formula is C10H10N2OS. The number of nitrogens with two attached hydrogens (primary N) is 1. The van der Waals surface area contributed by atoms with E-state index in [1.54, 1.807) is 7.05 Å². The third-order valence-electron chi connectivity index (χ3n) is 2.10. The highest BCUT2D eigenvalue weighted by molar-refractivity contribution is 7.18. The zero-order chi connectivity index (χ0) is 10.1. The van der Waals surface area contributed by atoms with Gasteiger partial charge in [-0.15, -0.1) is 11.3 Å². The molecule has 0 saturated heterocycles. The first kappa shape index (κ1) is 9.02. The predicted molar refractivity (Wildman–Crippen MR) is 59.6 cm³/mol. The predicted octanol–water partition coefficient (Wildman–Crippen LogP) is 1.84. The summed E-state index contributed by atoms with van der Waals surface area (Å²) in [4.78, 5) is 11.5. The molecule has 0 aliphatic heterocycles. The minimum atomic E-state index is -0.0677. The minimum Gasteiger partial charge on any atom is -0.398 e. The molecular weight excluding hydrogens is 196 g/mol. The van der Waals surface area contributed by atoms with Gasteiger partial charge in [0.25, 0.3) is 5.91 Å². The molecule has 2 aromatic rings. The zero-order valence-corrected chi connectivity index (χ0v) is 8.52. The van der Waals surface area contributed by atoms with Crippen molar-refractivity contribution in [1.82, 2.24) is 5.32 Å². The van der Waals surface area contributed by atoms with Crippen molar-refractivity contribution in [1.29, 1.82) is 0 Å². The lowest BCUT2D eigenvalue weighted by atomic mass is 10.1. The molecule has 14 heavy (non-hydrogen) atoms. The number of thiophene rings is 1. The van der Waals surface area contributed by atoms with Crippen molar-refractivity contribution in [2.75, 3.05) is 12.8 Å². The molecule has 0 saturated carbocycles. The van der Waals surface area contributed by atoms with Crippen molar-refractivity contribution in [3.63, 3.8) is 0 Å². The molecule has 0 spiro atoms. The Kier molecular flexibility index (Phi) is 2.13. The zero-order valence-electron chi connectivity index (χ0n) is 7.70. The average molecular weight is 206 g/mol. The van der Waals surface area contributed by atoms with Gasteiger partial charge in [-0.2, -0.15) is 0 Å². The molecule has 0 radical (unpaired) electrons. The van der Waals surface area contributed by atoms with Crippen LogP contribution in [0.3, 0.4) is 0 Å². The van der Waals surface area contributed by atoms with E-state index in [2.05, 4.69) is 5.32 Å². The highest BCUT2D eigenvalue weighted by atomic mass is 32.1. The monoisotopic (exact) mass is 206 g/mol. The van der Waals surface area contributed by atoms with E-state index in [1.165, 1.54) is 11.3 Å². The van der Waals surface area contributed by atoms with E-state index >= 15 is 0 Å². The number of hydrogen-bond acceptors (Lipinski definition) is 3. The van der Waals surface area contributed by atoms with Crippen molar-refractivity contribution in [3.8, 4) is 0 Å². The van der Waals surface area contributed by atoms with Crippen LogP contribution in [0.15, 0.2) is 23.6 Å². The first-order chi connectivity index (χ1) is 6.74. The molecule has 1 amide bonds. The Morgan fingerprint density at radius 3 is 3.00 bits per heavy atom. The lowest BCUT2D eigenvalue weighted by Gasteiger charge is -1.98. The van der Waals surface area contributed by atoms with Gasteiger partial charge in [0.05, 0.1) is 10.3 Å². The molecule has 2 rings (SSSR count). The van der Waals surface area contributed by atoms with Crippen molar-refractivity contribution < 1.29 is 4.79 Å². The normalized spacial score (nSPS) is 10.4. The van der Waals surface area contributed by atoms with E-state index in [0.29, 0.717) is 5.56 Å². The average Bonchev–Trinajstić information content (AvgIpc) is 2.62. The number of nitrogen functional groups attached to an aromatic ring is 1. The lowest BCUT2D eigenvalue weighted by Crippen LogP contribution is -2.17. The molecule has 3 N–H and O–H groups in total. The van der Waals surface area contributed by atoms with E-state index in [0.717, 1.165) is 15.8 Å². The van der Waals surface area contributed by atoms with E-state index in [-0.39, 0.29) is 5.91 Å². The summed E-state index contributed by atoms with van der Waals surface area (Å²) in [6.07, 6.45) is 0. The van der Waals surface area contributed by atoms with Crippen LogP contribution >= 0.6 is 11.3 Å². The molecule has 0 fully saturated rings. The van der Waals surface area contributed by atoms with E-state index in [4.69, 9.17) is 5.73 Å². The van der Waals surface area contributed by atoms with Crippen molar-refractivity contribution in [2.45, 2.75) is 0 Å². The maximum Gasteiger partial charge on any atom is 0.252 e. The number of amides is 1. The van der Waals surface area contributed by atoms with Gasteiger partial charge in [-0.05, 0) is 6.07 Å². The van der Waals surface area contributed by atoms with Gasteiger partial charge in [0.15, 0.2) is 0 Å². The van der Waals surface area contributed by atoms with Crippen LogP contribution in [0, 0.1) is 0 Å². The van der Waals surface area contributed by atoms with Gasteiger partial charge in [-0.3, -0.25) is 4.79 Å². The van der Waals surface area contributed by atoms with E-state index in [1.807, 2.05) is 23.6 Å². The van der Waals surface area contributed by atoms with Crippen LogP contribution in [0.4, 0.5) is 5.69 Å². The van der Waals surface area contributed by atoms with Crippen molar-refractivity contribution in [3.05, 3.63) is 29.1 Å². The smallest absolute Gasteiger partial charge is 0.252 e. The molecule has 1 aromatic heterocycles. The highest BCUT2D eigenvalue weighted by Gasteiger charge is 2.11. The third-order valence-corrected chi connectivity index (χ3v) is 3.15. The quantitative estimate of drug-likeness (QED) is 0.699. The fourth-order valence-corrected chi connectivity index (χ4v) is 2.37. The summed E-state index contributed by atoms with van der Waals surface area (Å²) >= 11 is 1.50. The van der Waals surface area contributed by atoms with Gasteiger partial charge < -0.3 is 11.1 Å². The molecule has 72 valence electrons. The first-order valence-electron chi connectivity index (χ1n) is 4.22. The number of carbonyl (C=O) groups is 1. The summed E-state index contributed by atoms with van der Waals surface area (Å²) < 4.78 is 0.978. The van der Waals surface area contributed by atoms with Crippen molar-refractivity contribution in [2.24, 2.45) is 0 Å². The van der Waals surface area contributed by atoms with E-state index in [9.17, 15) is 4.79 Å². The van der Waals surface area contributed by atoms with Crippen LogP contribution in [0.25, 0.3) is 10.1 Å². The SMILES string of the molecule is CNC(=O)c1csc2c(N)cccc12. The number of carbonyl (C=O) groups excluding carboxylic acids is 1. The molecule has 4 heteroatoms. The van der Waals surface area contributed by atoms with Crippen LogP contribution in [0.5, 0.6) is 0 Å². The number of anilines is 1. The Morgan fingerprint density at radius 1 is 1.50 bits per heavy atom. The molecule has 3 nitrogen and oxygen atoms in total. The second-order valence-corrected chi connectivity index (χ2v) is 3.83. The number of hydrogen-bond donors (Lipinski definition) is 2. The van der Waals surface area contributed by atoms with Gasteiger partial charge in [0, 0.05) is 23.5 Å².